The Labute approximate surface area is 122 Å². The van der Waals surface area contributed by atoms with Crippen LogP contribution in [-0.2, 0) is 6.42 Å². The summed E-state index contributed by atoms with van der Waals surface area (Å²) in [5.74, 6) is -0.363. The van der Waals surface area contributed by atoms with Crippen molar-refractivity contribution in [2.45, 2.75) is 13.3 Å². The van der Waals surface area contributed by atoms with Crippen molar-refractivity contribution >= 4 is 16.7 Å². The largest absolute Gasteiger partial charge is 0.478 e. The van der Waals surface area contributed by atoms with Gasteiger partial charge in [0.15, 0.2) is 0 Å². The zero-order chi connectivity index (χ0) is 14.8. The third-order valence-electron chi connectivity index (χ3n) is 3.49. The van der Waals surface area contributed by atoms with E-state index in [0.29, 0.717) is 17.9 Å². The van der Waals surface area contributed by atoms with Crippen molar-refractivity contribution in [2.75, 3.05) is 0 Å². The Morgan fingerprint density at radius 1 is 1.14 bits per heavy atom. The van der Waals surface area contributed by atoms with Gasteiger partial charge >= 0.3 is 5.97 Å². The fraction of sp³-hybridized carbons (Fsp3) is 0.118. The van der Waals surface area contributed by atoms with Gasteiger partial charge in [0.25, 0.3) is 0 Å². The minimum atomic E-state index is -0.996. The number of aryl methyl sites for hydroxylation is 1. The second kappa shape index (κ2) is 5.32. The van der Waals surface area contributed by atoms with Crippen LogP contribution in [0.15, 0.2) is 48.7 Å². The van der Waals surface area contributed by atoms with Crippen LogP contribution in [0.25, 0.3) is 10.8 Å². The Hall–Kier alpha value is -2.75. The van der Waals surface area contributed by atoms with Crippen molar-refractivity contribution in [3.05, 3.63) is 71.3 Å². The fourth-order valence-electron chi connectivity index (χ4n) is 2.43. The number of nitrogens with zero attached hydrogens (tertiary/aromatic N) is 2. The average Bonchev–Trinajstić information content (AvgIpc) is 2.47. The van der Waals surface area contributed by atoms with Crippen LogP contribution in [0.3, 0.4) is 0 Å². The first-order chi connectivity index (χ1) is 10.1. The molecule has 4 heteroatoms. The van der Waals surface area contributed by atoms with E-state index in [-0.39, 0.29) is 5.56 Å². The van der Waals surface area contributed by atoms with E-state index in [1.54, 1.807) is 6.92 Å². The summed E-state index contributed by atoms with van der Waals surface area (Å²) in [5.41, 5.74) is 1.78. The standard InChI is InChI=1S/C17H14N2O2/c1-11-15(17(20)21)10-18-16(19-11)9-13-7-4-6-12-5-2-3-8-14(12)13/h2-8,10H,9H2,1H3,(H,20,21). The van der Waals surface area contributed by atoms with Crippen LogP contribution < -0.4 is 0 Å². The molecule has 3 rings (SSSR count). The fourth-order valence-corrected chi connectivity index (χ4v) is 2.43. The molecule has 0 aliphatic rings. The smallest absolute Gasteiger partial charge is 0.339 e. The predicted octanol–water partition coefficient (Wildman–Crippen LogP) is 3.23. The van der Waals surface area contributed by atoms with Gasteiger partial charge in [-0.2, -0.15) is 0 Å². The Morgan fingerprint density at radius 2 is 1.90 bits per heavy atom. The highest BCUT2D eigenvalue weighted by Crippen LogP contribution is 2.20. The summed E-state index contributed by atoms with van der Waals surface area (Å²) in [6.45, 7) is 1.69. The number of hydrogen-bond acceptors (Lipinski definition) is 3. The highest BCUT2D eigenvalue weighted by Gasteiger charge is 2.11. The number of carbonyl (C=O) groups is 1. The van der Waals surface area contributed by atoms with Gasteiger partial charge in [-0.25, -0.2) is 14.8 Å². The molecule has 0 amide bonds. The van der Waals surface area contributed by atoms with E-state index in [0.717, 1.165) is 5.56 Å². The molecule has 0 saturated heterocycles. The van der Waals surface area contributed by atoms with Crippen molar-refractivity contribution in [2.24, 2.45) is 0 Å². The van der Waals surface area contributed by atoms with Crippen LogP contribution in [0.1, 0.15) is 27.4 Å². The highest BCUT2D eigenvalue weighted by atomic mass is 16.4. The summed E-state index contributed by atoms with van der Waals surface area (Å²) in [4.78, 5) is 19.5. The molecule has 0 fully saturated rings. The van der Waals surface area contributed by atoms with Crippen LogP contribution in [-0.4, -0.2) is 21.0 Å². The summed E-state index contributed by atoms with van der Waals surface area (Å²) in [6, 6.07) is 14.3. The number of carboxylic acids is 1. The van der Waals surface area contributed by atoms with Gasteiger partial charge in [-0.05, 0) is 23.3 Å². The Kier molecular flexibility index (Phi) is 3.36. The molecule has 3 aromatic rings. The average molecular weight is 278 g/mol. The minimum absolute atomic E-state index is 0.150. The number of hydrogen-bond donors (Lipinski definition) is 1. The lowest BCUT2D eigenvalue weighted by molar-refractivity contribution is 0.0695. The van der Waals surface area contributed by atoms with Crippen LogP contribution >= 0.6 is 0 Å². The van der Waals surface area contributed by atoms with Crippen molar-refractivity contribution in [3.63, 3.8) is 0 Å². The van der Waals surface area contributed by atoms with Gasteiger partial charge in [-0.1, -0.05) is 42.5 Å². The highest BCUT2D eigenvalue weighted by molar-refractivity contribution is 5.88. The number of aromatic carboxylic acids is 1. The first-order valence-corrected chi connectivity index (χ1v) is 6.67. The van der Waals surface area contributed by atoms with E-state index in [1.807, 2.05) is 24.3 Å². The molecule has 0 aliphatic carbocycles. The molecule has 0 unspecified atom stereocenters. The molecule has 21 heavy (non-hydrogen) atoms. The summed E-state index contributed by atoms with van der Waals surface area (Å²) in [7, 11) is 0. The van der Waals surface area contributed by atoms with Crippen molar-refractivity contribution < 1.29 is 9.90 Å². The predicted molar refractivity (Wildman–Crippen MR) is 80.5 cm³/mol. The molecule has 4 nitrogen and oxygen atoms in total. The third-order valence-corrected chi connectivity index (χ3v) is 3.49. The molecule has 0 radical (unpaired) electrons. The minimum Gasteiger partial charge on any atom is -0.478 e. The maximum absolute atomic E-state index is 11.0. The maximum atomic E-state index is 11.0. The van der Waals surface area contributed by atoms with Gasteiger partial charge in [0, 0.05) is 12.6 Å². The molecule has 0 bridgehead atoms. The number of fused-ring (bicyclic) bond motifs is 1. The lowest BCUT2D eigenvalue weighted by Crippen LogP contribution is -2.06. The molecule has 0 atom stereocenters. The monoisotopic (exact) mass is 278 g/mol. The van der Waals surface area contributed by atoms with E-state index in [4.69, 9.17) is 5.11 Å². The van der Waals surface area contributed by atoms with Gasteiger partial charge in [0.1, 0.15) is 5.82 Å². The first kappa shape index (κ1) is 13.2. The van der Waals surface area contributed by atoms with Gasteiger partial charge in [0.05, 0.1) is 11.3 Å². The summed E-state index contributed by atoms with van der Waals surface area (Å²) in [5, 5.41) is 11.4. The normalized spacial score (nSPS) is 10.7. The molecule has 1 N–H and O–H groups in total. The van der Waals surface area contributed by atoms with E-state index < -0.39 is 5.97 Å². The van der Waals surface area contributed by atoms with E-state index in [1.165, 1.54) is 17.0 Å². The van der Waals surface area contributed by atoms with Crippen molar-refractivity contribution in [3.8, 4) is 0 Å². The molecule has 2 aromatic carbocycles. The van der Waals surface area contributed by atoms with Crippen molar-refractivity contribution in [1.82, 2.24) is 9.97 Å². The van der Waals surface area contributed by atoms with Gasteiger partial charge in [0.2, 0.25) is 0 Å². The number of rotatable bonds is 3. The van der Waals surface area contributed by atoms with Crippen LogP contribution in [0.2, 0.25) is 0 Å². The van der Waals surface area contributed by atoms with E-state index in [2.05, 4.69) is 28.2 Å². The maximum Gasteiger partial charge on any atom is 0.339 e. The quantitative estimate of drug-likeness (QED) is 0.799. The van der Waals surface area contributed by atoms with Gasteiger partial charge in [-0.15, -0.1) is 0 Å². The Morgan fingerprint density at radius 3 is 2.67 bits per heavy atom. The molecule has 104 valence electrons. The van der Waals surface area contributed by atoms with Crippen molar-refractivity contribution in [1.29, 1.82) is 0 Å². The summed E-state index contributed by atoms with van der Waals surface area (Å²) >= 11 is 0. The molecular weight excluding hydrogens is 264 g/mol. The molecule has 1 aromatic heterocycles. The summed E-state index contributed by atoms with van der Waals surface area (Å²) in [6.07, 6.45) is 1.97. The van der Waals surface area contributed by atoms with Gasteiger partial charge < -0.3 is 5.11 Å². The van der Waals surface area contributed by atoms with Crippen LogP contribution in [0.4, 0.5) is 0 Å². The Bertz CT molecular complexity index is 823. The van der Waals surface area contributed by atoms with Crippen LogP contribution in [0.5, 0.6) is 0 Å². The molecule has 0 aliphatic heterocycles. The molecule has 0 spiro atoms. The number of carboxylic acid groups (broad SMARTS) is 1. The molecule has 1 heterocycles. The van der Waals surface area contributed by atoms with E-state index in [9.17, 15) is 4.79 Å². The SMILES string of the molecule is Cc1nc(Cc2cccc3ccccc23)ncc1C(=O)O. The molecule has 0 saturated carbocycles. The topological polar surface area (TPSA) is 63.1 Å². The van der Waals surface area contributed by atoms with Crippen LogP contribution in [0, 0.1) is 6.92 Å². The van der Waals surface area contributed by atoms with E-state index >= 15 is 0 Å². The zero-order valence-electron chi connectivity index (χ0n) is 11.6. The van der Waals surface area contributed by atoms with Gasteiger partial charge in [-0.3, -0.25) is 0 Å². The lowest BCUT2D eigenvalue weighted by atomic mass is 10.0. The molecular formula is C17H14N2O2. The first-order valence-electron chi connectivity index (χ1n) is 6.67. The second-order valence-corrected chi connectivity index (χ2v) is 4.91. The summed E-state index contributed by atoms with van der Waals surface area (Å²) < 4.78 is 0. The lowest BCUT2D eigenvalue weighted by Gasteiger charge is -2.07. The number of benzene rings is 2. The zero-order valence-corrected chi connectivity index (χ0v) is 11.6. The third kappa shape index (κ3) is 2.60. The number of aromatic nitrogens is 2. The second-order valence-electron chi connectivity index (χ2n) is 4.91. The Balaban J connectivity index is 1.99.